The summed E-state index contributed by atoms with van der Waals surface area (Å²) in [7, 11) is 0. The molecule has 0 radical (unpaired) electrons. The second-order valence-electron chi connectivity index (χ2n) is 5.90. The van der Waals surface area contributed by atoms with Crippen LogP contribution >= 0.6 is 11.3 Å². The Labute approximate surface area is 120 Å². The smallest absolute Gasteiger partial charge is 0.0302 e. The van der Waals surface area contributed by atoms with Crippen LogP contribution in [0.15, 0.2) is 18.7 Å². The minimum atomic E-state index is 0.801. The third-order valence-corrected chi connectivity index (χ3v) is 5.11. The van der Waals surface area contributed by atoms with E-state index in [-0.39, 0.29) is 0 Å². The molecule has 2 aliphatic rings. The zero-order valence-electron chi connectivity index (χ0n) is 11.8. The summed E-state index contributed by atoms with van der Waals surface area (Å²) in [6, 6.07) is 4.02. The van der Waals surface area contributed by atoms with Gasteiger partial charge in [-0.25, -0.2) is 0 Å². The zero-order valence-corrected chi connectivity index (χ0v) is 12.6. The molecule has 2 fully saturated rings. The van der Waals surface area contributed by atoms with E-state index in [4.69, 9.17) is 0 Å². The fraction of sp³-hybridized carbons (Fsp3) is 0.625. The van der Waals surface area contributed by atoms with E-state index in [2.05, 4.69) is 29.8 Å². The molecule has 1 N–H and O–H groups in total. The van der Waals surface area contributed by atoms with E-state index in [1.54, 1.807) is 0 Å². The predicted octanol–water partition coefficient (Wildman–Crippen LogP) is 3.46. The van der Waals surface area contributed by atoms with Crippen LogP contribution in [-0.2, 0) is 13.1 Å². The van der Waals surface area contributed by atoms with Crippen LogP contribution in [-0.4, -0.2) is 23.5 Å². The fourth-order valence-electron chi connectivity index (χ4n) is 2.53. The van der Waals surface area contributed by atoms with Crippen LogP contribution in [0.25, 0.3) is 0 Å². The Morgan fingerprint density at radius 1 is 1.42 bits per heavy atom. The maximum atomic E-state index is 3.89. The van der Waals surface area contributed by atoms with Gasteiger partial charge in [-0.3, -0.25) is 4.90 Å². The largest absolute Gasteiger partial charge is 0.309 e. The molecule has 3 rings (SSSR count). The van der Waals surface area contributed by atoms with Gasteiger partial charge in [-0.05, 0) is 44.2 Å². The maximum Gasteiger partial charge on any atom is 0.0302 e. The van der Waals surface area contributed by atoms with Crippen molar-refractivity contribution in [2.45, 2.75) is 57.8 Å². The highest BCUT2D eigenvalue weighted by atomic mass is 32.1. The summed E-state index contributed by atoms with van der Waals surface area (Å²) in [5, 5.41) is 3.61. The SMILES string of the molecule is C=CCN(Cc1cc(CNC2CC2)sc1C)C1CC1. The lowest BCUT2D eigenvalue weighted by atomic mass is 10.2. The molecule has 0 unspecified atom stereocenters. The Morgan fingerprint density at radius 2 is 2.21 bits per heavy atom. The molecule has 0 amide bonds. The summed E-state index contributed by atoms with van der Waals surface area (Å²) < 4.78 is 0. The molecule has 3 heteroatoms. The summed E-state index contributed by atoms with van der Waals surface area (Å²) in [5.41, 5.74) is 1.52. The number of nitrogens with zero attached hydrogens (tertiary/aromatic N) is 1. The van der Waals surface area contributed by atoms with Crippen molar-refractivity contribution in [3.8, 4) is 0 Å². The second-order valence-corrected chi connectivity index (χ2v) is 7.24. The summed E-state index contributed by atoms with van der Waals surface area (Å²) in [6.45, 7) is 9.33. The van der Waals surface area contributed by atoms with Gasteiger partial charge in [-0.1, -0.05) is 6.08 Å². The number of rotatable bonds is 8. The van der Waals surface area contributed by atoms with Crippen LogP contribution in [0.5, 0.6) is 0 Å². The van der Waals surface area contributed by atoms with Gasteiger partial charge in [-0.2, -0.15) is 0 Å². The number of nitrogens with one attached hydrogen (secondary N) is 1. The third-order valence-electron chi connectivity index (χ3n) is 4.01. The lowest BCUT2D eigenvalue weighted by molar-refractivity contribution is 0.283. The third kappa shape index (κ3) is 3.68. The fourth-order valence-corrected chi connectivity index (χ4v) is 3.54. The van der Waals surface area contributed by atoms with Crippen LogP contribution < -0.4 is 5.32 Å². The Bertz CT molecular complexity index is 444. The topological polar surface area (TPSA) is 15.3 Å². The zero-order chi connectivity index (χ0) is 13.2. The Hall–Kier alpha value is -0.640. The standard InChI is InChI=1S/C16H24N2S/c1-3-8-18(15-6-7-15)11-13-9-16(19-12(13)2)10-17-14-4-5-14/h3,9,14-15,17H,1,4-8,10-11H2,2H3. The van der Waals surface area contributed by atoms with E-state index in [1.807, 2.05) is 17.4 Å². The molecule has 0 aromatic carbocycles. The first kappa shape index (κ1) is 13.3. The molecule has 1 aromatic heterocycles. The molecular formula is C16H24N2S. The molecule has 0 saturated heterocycles. The lowest BCUT2D eigenvalue weighted by Gasteiger charge is -2.19. The van der Waals surface area contributed by atoms with Crippen LogP contribution in [0.1, 0.15) is 41.0 Å². The van der Waals surface area contributed by atoms with E-state index in [0.29, 0.717) is 0 Å². The molecule has 2 aliphatic carbocycles. The van der Waals surface area contributed by atoms with Gasteiger partial charge in [0.1, 0.15) is 0 Å². The first-order chi connectivity index (χ1) is 9.26. The average Bonchev–Trinajstić information content (AvgIpc) is 3.27. The van der Waals surface area contributed by atoms with Gasteiger partial charge in [0.2, 0.25) is 0 Å². The van der Waals surface area contributed by atoms with Crippen molar-refractivity contribution in [3.63, 3.8) is 0 Å². The van der Waals surface area contributed by atoms with Crippen molar-refractivity contribution in [1.29, 1.82) is 0 Å². The monoisotopic (exact) mass is 276 g/mol. The molecule has 0 spiro atoms. The second kappa shape index (κ2) is 5.78. The van der Waals surface area contributed by atoms with Crippen molar-refractivity contribution in [2.24, 2.45) is 0 Å². The molecule has 19 heavy (non-hydrogen) atoms. The first-order valence-electron chi connectivity index (χ1n) is 7.43. The number of aryl methyl sites for hydroxylation is 1. The van der Waals surface area contributed by atoms with Crippen molar-refractivity contribution >= 4 is 11.3 Å². The first-order valence-corrected chi connectivity index (χ1v) is 8.24. The minimum Gasteiger partial charge on any atom is -0.309 e. The Morgan fingerprint density at radius 3 is 2.84 bits per heavy atom. The maximum absolute atomic E-state index is 3.89. The van der Waals surface area contributed by atoms with Crippen molar-refractivity contribution in [2.75, 3.05) is 6.54 Å². The van der Waals surface area contributed by atoms with E-state index < -0.39 is 0 Å². The molecule has 1 heterocycles. The van der Waals surface area contributed by atoms with Gasteiger partial charge in [-0.15, -0.1) is 17.9 Å². The van der Waals surface area contributed by atoms with Gasteiger partial charge in [0, 0.05) is 41.5 Å². The van der Waals surface area contributed by atoms with E-state index >= 15 is 0 Å². The lowest BCUT2D eigenvalue weighted by Crippen LogP contribution is -2.25. The van der Waals surface area contributed by atoms with E-state index in [1.165, 1.54) is 41.0 Å². The van der Waals surface area contributed by atoms with Crippen LogP contribution in [0, 0.1) is 6.92 Å². The molecule has 1 aromatic rings. The van der Waals surface area contributed by atoms with Gasteiger partial charge in [0.15, 0.2) is 0 Å². The Kier molecular flexibility index (Phi) is 4.06. The van der Waals surface area contributed by atoms with Crippen molar-refractivity contribution < 1.29 is 0 Å². The molecule has 104 valence electrons. The highest BCUT2D eigenvalue weighted by Gasteiger charge is 2.28. The van der Waals surface area contributed by atoms with Crippen molar-refractivity contribution in [1.82, 2.24) is 10.2 Å². The van der Waals surface area contributed by atoms with Gasteiger partial charge in [0.05, 0.1) is 0 Å². The van der Waals surface area contributed by atoms with Gasteiger partial charge >= 0.3 is 0 Å². The number of thiophene rings is 1. The summed E-state index contributed by atoms with van der Waals surface area (Å²) >= 11 is 1.96. The highest BCUT2D eigenvalue weighted by Crippen LogP contribution is 2.31. The predicted molar refractivity (Wildman–Crippen MR) is 82.5 cm³/mol. The summed E-state index contributed by atoms with van der Waals surface area (Å²) in [4.78, 5) is 5.55. The molecule has 0 aliphatic heterocycles. The summed E-state index contributed by atoms with van der Waals surface area (Å²) in [5.74, 6) is 0. The normalized spacial score (nSPS) is 19.1. The number of hydrogen-bond acceptors (Lipinski definition) is 3. The van der Waals surface area contributed by atoms with Crippen molar-refractivity contribution in [3.05, 3.63) is 34.0 Å². The highest BCUT2D eigenvalue weighted by molar-refractivity contribution is 7.12. The number of hydrogen-bond donors (Lipinski definition) is 1. The van der Waals surface area contributed by atoms with Gasteiger partial charge < -0.3 is 5.32 Å². The minimum absolute atomic E-state index is 0.801. The van der Waals surface area contributed by atoms with E-state index in [9.17, 15) is 0 Å². The van der Waals surface area contributed by atoms with Gasteiger partial charge in [0.25, 0.3) is 0 Å². The summed E-state index contributed by atoms with van der Waals surface area (Å²) in [6.07, 6.45) is 7.51. The molecule has 2 saturated carbocycles. The molecule has 0 atom stereocenters. The van der Waals surface area contributed by atoms with Crippen LogP contribution in [0.2, 0.25) is 0 Å². The average molecular weight is 276 g/mol. The van der Waals surface area contributed by atoms with Crippen LogP contribution in [0.3, 0.4) is 0 Å². The van der Waals surface area contributed by atoms with Crippen LogP contribution in [0.4, 0.5) is 0 Å². The quantitative estimate of drug-likeness (QED) is 0.732. The Balaban J connectivity index is 1.60. The molecule has 0 bridgehead atoms. The molecular weight excluding hydrogens is 252 g/mol. The van der Waals surface area contributed by atoms with E-state index in [0.717, 1.165) is 31.7 Å². The molecule has 2 nitrogen and oxygen atoms in total.